The Bertz CT molecular complexity index is 464. The van der Waals surface area contributed by atoms with Gasteiger partial charge in [-0.15, -0.1) is 0 Å². The lowest BCUT2D eigenvalue weighted by atomic mass is 9.96. The first-order valence-corrected chi connectivity index (χ1v) is 7.95. The molecule has 0 saturated carbocycles. The van der Waals surface area contributed by atoms with Crippen molar-refractivity contribution in [1.29, 1.82) is 0 Å². The van der Waals surface area contributed by atoms with Crippen LogP contribution in [0.5, 0.6) is 0 Å². The van der Waals surface area contributed by atoms with Gasteiger partial charge in [0.05, 0.1) is 0 Å². The molecule has 1 unspecified atom stereocenters. The van der Waals surface area contributed by atoms with E-state index in [0.29, 0.717) is 18.2 Å². The first kappa shape index (κ1) is 13.5. The molecule has 0 aromatic heterocycles. The van der Waals surface area contributed by atoms with Crippen molar-refractivity contribution in [3.05, 3.63) is 29.8 Å². The normalized spacial score (nSPS) is 22.0. The van der Waals surface area contributed by atoms with Gasteiger partial charge in [0.1, 0.15) is 0 Å². The summed E-state index contributed by atoms with van der Waals surface area (Å²) < 4.78 is 0. The Morgan fingerprint density at radius 1 is 1.15 bits per heavy atom. The van der Waals surface area contributed by atoms with Crippen molar-refractivity contribution in [1.82, 2.24) is 4.90 Å². The van der Waals surface area contributed by atoms with Gasteiger partial charge in [-0.25, -0.2) is 0 Å². The Balaban J connectivity index is 1.53. The number of carbonyl (C=O) groups excluding carboxylic acids is 1. The van der Waals surface area contributed by atoms with Crippen molar-refractivity contribution in [2.45, 2.75) is 44.4 Å². The van der Waals surface area contributed by atoms with Gasteiger partial charge in [0, 0.05) is 37.7 Å². The summed E-state index contributed by atoms with van der Waals surface area (Å²) in [5, 5.41) is 3.44. The van der Waals surface area contributed by atoms with Gasteiger partial charge < -0.3 is 10.2 Å². The molecule has 2 aliphatic rings. The summed E-state index contributed by atoms with van der Waals surface area (Å²) in [6.07, 6.45) is 6.59. The third-order valence-corrected chi connectivity index (χ3v) is 4.60. The highest BCUT2D eigenvalue weighted by Gasteiger charge is 2.23. The summed E-state index contributed by atoms with van der Waals surface area (Å²) in [5.41, 5.74) is 2.64. The number of para-hydroxylation sites is 1. The summed E-state index contributed by atoms with van der Waals surface area (Å²) in [4.78, 5) is 14.4. The number of benzene rings is 1. The number of nitrogens with zero attached hydrogens (tertiary/aromatic N) is 1. The van der Waals surface area contributed by atoms with Crippen LogP contribution in [0.15, 0.2) is 24.3 Å². The van der Waals surface area contributed by atoms with E-state index in [-0.39, 0.29) is 0 Å². The Labute approximate surface area is 121 Å². The monoisotopic (exact) mass is 272 g/mol. The van der Waals surface area contributed by atoms with Gasteiger partial charge in [0.25, 0.3) is 0 Å². The van der Waals surface area contributed by atoms with Crippen molar-refractivity contribution in [3.63, 3.8) is 0 Å². The van der Waals surface area contributed by atoms with E-state index in [1.165, 1.54) is 36.9 Å². The molecular formula is C17H24N2O. The molecule has 1 atom stereocenters. The average molecular weight is 272 g/mol. The number of anilines is 1. The lowest BCUT2D eigenvalue weighted by molar-refractivity contribution is -0.131. The van der Waals surface area contributed by atoms with Crippen LogP contribution in [0, 0.1) is 0 Å². The van der Waals surface area contributed by atoms with E-state index < -0.39 is 0 Å². The summed E-state index contributed by atoms with van der Waals surface area (Å²) in [6, 6.07) is 8.48. The maximum Gasteiger partial charge on any atom is 0.222 e. The van der Waals surface area contributed by atoms with Crippen LogP contribution in [-0.2, 0) is 4.79 Å². The fourth-order valence-electron chi connectivity index (χ4n) is 3.39. The number of nitrogens with one attached hydrogen (secondary N) is 1. The number of amides is 1. The zero-order valence-corrected chi connectivity index (χ0v) is 12.1. The van der Waals surface area contributed by atoms with Gasteiger partial charge in [0.2, 0.25) is 5.91 Å². The molecule has 108 valence electrons. The van der Waals surface area contributed by atoms with Crippen molar-refractivity contribution in [2.75, 3.05) is 25.0 Å². The fourth-order valence-corrected chi connectivity index (χ4v) is 3.39. The van der Waals surface area contributed by atoms with Crippen molar-refractivity contribution in [2.24, 2.45) is 0 Å². The number of fused-ring (bicyclic) bond motifs is 1. The molecule has 0 spiro atoms. The van der Waals surface area contributed by atoms with E-state index >= 15 is 0 Å². The van der Waals surface area contributed by atoms with Crippen LogP contribution < -0.4 is 5.32 Å². The lowest BCUT2D eigenvalue weighted by Gasteiger charge is -2.21. The third kappa shape index (κ3) is 2.97. The summed E-state index contributed by atoms with van der Waals surface area (Å²) >= 11 is 0. The van der Waals surface area contributed by atoms with Crippen LogP contribution in [-0.4, -0.2) is 30.4 Å². The van der Waals surface area contributed by atoms with Gasteiger partial charge in [-0.05, 0) is 30.9 Å². The average Bonchev–Trinajstić information content (AvgIpc) is 2.70. The molecule has 1 aromatic carbocycles. The highest BCUT2D eigenvalue weighted by Crippen LogP contribution is 2.34. The van der Waals surface area contributed by atoms with Crippen LogP contribution in [0.3, 0.4) is 0 Å². The lowest BCUT2D eigenvalue weighted by Crippen LogP contribution is -2.31. The number of carbonyl (C=O) groups is 1. The summed E-state index contributed by atoms with van der Waals surface area (Å²) in [6.45, 7) is 2.92. The van der Waals surface area contributed by atoms with Gasteiger partial charge in [-0.1, -0.05) is 31.0 Å². The van der Waals surface area contributed by atoms with Crippen LogP contribution in [0.1, 0.15) is 50.0 Å². The Morgan fingerprint density at radius 3 is 2.70 bits per heavy atom. The second-order valence-electron chi connectivity index (χ2n) is 6.00. The highest BCUT2D eigenvalue weighted by atomic mass is 16.2. The zero-order valence-electron chi connectivity index (χ0n) is 12.1. The minimum absolute atomic E-state index is 0.358. The molecule has 0 aliphatic carbocycles. The predicted molar refractivity (Wildman–Crippen MR) is 82.0 cm³/mol. The van der Waals surface area contributed by atoms with E-state index in [9.17, 15) is 4.79 Å². The highest BCUT2D eigenvalue weighted by molar-refractivity contribution is 5.76. The van der Waals surface area contributed by atoms with Crippen molar-refractivity contribution < 1.29 is 4.79 Å². The SMILES string of the molecule is O=C(CCC1CNc2ccccc21)N1CCCCCC1. The van der Waals surface area contributed by atoms with E-state index in [1.54, 1.807) is 0 Å². The first-order chi connectivity index (χ1) is 9.84. The Hall–Kier alpha value is -1.51. The molecule has 1 aromatic rings. The molecule has 1 N–H and O–H groups in total. The quantitative estimate of drug-likeness (QED) is 0.915. The molecule has 0 radical (unpaired) electrons. The molecule has 3 heteroatoms. The topological polar surface area (TPSA) is 32.3 Å². The number of hydrogen-bond donors (Lipinski definition) is 1. The molecule has 0 bridgehead atoms. The molecule has 2 heterocycles. The summed E-state index contributed by atoms with van der Waals surface area (Å²) in [5.74, 6) is 0.860. The molecule has 3 rings (SSSR count). The molecule has 3 nitrogen and oxygen atoms in total. The molecule has 1 fully saturated rings. The predicted octanol–water partition coefficient (Wildman–Crippen LogP) is 3.38. The van der Waals surface area contributed by atoms with E-state index in [2.05, 4.69) is 34.5 Å². The van der Waals surface area contributed by atoms with Gasteiger partial charge in [0.15, 0.2) is 0 Å². The van der Waals surface area contributed by atoms with Crippen LogP contribution in [0.4, 0.5) is 5.69 Å². The first-order valence-electron chi connectivity index (χ1n) is 7.95. The number of likely N-dealkylation sites (tertiary alicyclic amines) is 1. The molecule has 1 saturated heterocycles. The van der Waals surface area contributed by atoms with E-state index in [0.717, 1.165) is 26.1 Å². The smallest absolute Gasteiger partial charge is 0.222 e. The number of rotatable bonds is 3. The van der Waals surface area contributed by atoms with Crippen LogP contribution >= 0.6 is 0 Å². The van der Waals surface area contributed by atoms with Gasteiger partial charge >= 0.3 is 0 Å². The van der Waals surface area contributed by atoms with E-state index in [4.69, 9.17) is 0 Å². The van der Waals surface area contributed by atoms with Crippen molar-refractivity contribution >= 4 is 11.6 Å². The van der Waals surface area contributed by atoms with Gasteiger partial charge in [-0.3, -0.25) is 4.79 Å². The minimum atomic E-state index is 0.358. The fraction of sp³-hybridized carbons (Fsp3) is 0.588. The maximum atomic E-state index is 12.3. The largest absolute Gasteiger partial charge is 0.384 e. The molecule has 20 heavy (non-hydrogen) atoms. The second kappa shape index (κ2) is 6.29. The maximum absolute atomic E-state index is 12.3. The van der Waals surface area contributed by atoms with E-state index in [1.807, 2.05) is 0 Å². The zero-order chi connectivity index (χ0) is 13.8. The standard InChI is InChI=1S/C17H24N2O/c20-17(19-11-5-1-2-6-12-19)10-9-14-13-18-16-8-4-3-7-15(14)16/h3-4,7-8,14,18H,1-2,5-6,9-13H2. The van der Waals surface area contributed by atoms with Gasteiger partial charge in [-0.2, -0.15) is 0 Å². The van der Waals surface area contributed by atoms with Crippen LogP contribution in [0.2, 0.25) is 0 Å². The Kier molecular flexibility index (Phi) is 4.24. The van der Waals surface area contributed by atoms with Crippen molar-refractivity contribution in [3.8, 4) is 0 Å². The molecule has 1 amide bonds. The third-order valence-electron chi connectivity index (χ3n) is 4.60. The second-order valence-corrected chi connectivity index (χ2v) is 6.00. The Morgan fingerprint density at radius 2 is 1.90 bits per heavy atom. The molecular weight excluding hydrogens is 248 g/mol. The summed E-state index contributed by atoms with van der Waals surface area (Å²) in [7, 11) is 0. The number of hydrogen-bond acceptors (Lipinski definition) is 2. The molecule has 2 aliphatic heterocycles. The minimum Gasteiger partial charge on any atom is -0.384 e. The van der Waals surface area contributed by atoms with Crippen LogP contribution in [0.25, 0.3) is 0 Å².